The average Bonchev–Trinajstić information content (AvgIpc) is 2.31. The molecule has 1 aromatic carbocycles. The second-order valence-corrected chi connectivity index (χ2v) is 5.07. The Balaban J connectivity index is 2.23. The van der Waals surface area contributed by atoms with Gasteiger partial charge in [-0.05, 0) is 38.0 Å². The predicted octanol–water partition coefficient (Wildman–Crippen LogP) is 1.46. The van der Waals surface area contributed by atoms with Crippen molar-refractivity contribution >= 4 is 5.69 Å². The molecule has 1 fully saturated rings. The van der Waals surface area contributed by atoms with Crippen molar-refractivity contribution in [1.82, 2.24) is 5.32 Å². The van der Waals surface area contributed by atoms with Gasteiger partial charge in [0.25, 0.3) is 0 Å². The minimum absolute atomic E-state index is 0.179. The van der Waals surface area contributed by atoms with E-state index in [1.54, 1.807) is 0 Å². The van der Waals surface area contributed by atoms with Crippen molar-refractivity contribution in [1.29, 1.82) is 0 Å². The summed E-state index contributed by atoms with van der Waals surface area (Å²) in [5.41, 5.74) is 3.98. The van der Waals surface area contributed by atoms with Gasteiger partial charge in [0.2, 0.25) is 0 Å². The van der Waals surface area contributed by atoms with Crippen LogP contribution in [0.1, 0.15) is 18.1 Å². The monoisotopic (exact) mass is 234 g/mol. The summed E-state index contributed by atoms with van der Waals surface area (Å²) in [5, 5.41) is 12.7. The van der Waals surface area contributed by atoms with Crippen LogP contribution in [-0.2, 0) is 0 Å². The molecule has 1 heterocycles. The predicted molar refractivity (Wildman–Crippen MR) is 71.6 cm³/mol. The van der Waals surface area contributed by atoms with E-state index in [-0.39, 0.29) is 12.6 Å². The largest absolute Gasteiger partial charge is 0.395 e. The van der Waals surface area contributed by atoms with E-state index in [9.17, 15) is 5.11 Å². The first kappa shape index (κ1) is 12.4. The van der Waals surface area contributed by atoms with Crippen molar-refractivity contribution in [2.24, 2.45) is 0 Å². The zero-order valence-electron chi connectivity index (χ0n) is 10.9. The highest BCUT2D eigenvalue weighted by Crippen LogP contribution is 2.24. The molecule has 2 N–H and O–H groups in total. The minimum atomic E-state index is 0.179. The van der Waals surface area contributed by atoms with Crippen LogP contribution < -0.4 is 10.2 Å². The van der Waals surface area contributed by atoms with Gasteiger partial charge in [0, 0.05) is 30.9 Å². The highest BCUT2D eigenvalue weighted by molar-refractivity contribution is 5.56. The molecular formula is C14H22N2O. The molecule has 94 valence electrons. The van der Waals surface area contributed by atoms with Gasteiger partial charge in [0.1, 0.15) is 0 Å². The zero-order valence-corrected chi connectivity index (χ0v) is 10.9. The summed E-state index contributed by atoms with van der Waals surface area (Å²) in [6, 6.07) is 7.03. The normalized spacial score (nSPS) is 25.1. The Morgan fingerprint density at radius 2 is 2.12 bits per heavy atom. The summed E-state index contributed by atoms with van der Waals surface area (Å²) in [7, 11) is 0. The van der Waals surface area contributed by atoms with E-state index in [0.29, 0.717) is 6.04 Å². The second kappa shape index (κ2) is 5.07. The minimum Gasteiger partial charge on any atom is -0.395 e. The number of aliphatic hydroxyl groups excluding tert-OH is 1. The van der Waals surface area contributed by atoms with E-state index >= 15 is 0 Å². The number of aliphatic hydroxyl groups is 1. The number of hydrogen-bond donors (Lipinski definition) is 2. The Morgan fingerprint density at radius 3 is 2.82 bits per heavy atom. The summed E-state index contributed by atoms with van der Waals surface area (Å²) >= 11 is 0. The molecular weight excluding hydrogens is 212 g/mol. The molecule has 0 spiro atoms. The molecule has 17 heavy (non-hydrogen) atoms. The number of anilines is 1. The number of benzene rings is 1. The molecule has 0 amide bonds. The summed E-state index contributed by atoms with van der Waals surface area (Å²) in [4.78, 5) is 2.38. The summed E-state index contributed by atoms with van der Waals surface area (Å²) < 4.78 is 0. The molecule has 2 atom stereocenters. The molecule has 0 aromatic heterocycles. The fourth-order valence-corrected chi connectivity index (χ4v) is 2.56. The Morgan fingerprint density at radius 1 is 1.35 bits per heavy atom. The first-order chi connectivity index (χ1) is 8.11. The van der Waals surface area contributed by atoms with Gasteiger partial charge in [0.05, 0.1) is 6.61 Å². The van der Waals surface area contributed by atoms with E-state index in [2.05, 4.69) is 49.2 Å². The second-order valence-electron chi connectivity index (χ2n) is 5.07. The molecule has 0 bridgehead atoms. The molecule has 2 unspecified atom stereocenters. The maximum absolute atomic E-state index is 9.31. The van der Waals surface area contributed by atoms with Crippen LogP contribution in [0.4, 0.5) is 5.69 Å². The SMILES string of the molecule is Cc1cccc(N2CC(C)NC(CO)C2)c1C. The smallest absolute Gasteiger partial charge is 0.0602 e. The van der Waals surface area contributed by atoms with Crippen LogP contribution in [0.2, 0.25) is 0 Å². The van der Waals surface area contributed by atoms with Gasteiger partial charge in [-0.15, -0.1) is 0 Å². The molecule has 1 aromatic rings. The number of aryl methyl sites for hydroxylation is 1. The lowest BCUT2D eigenvalue weighted by Crippen LogP contribution is -2.57. The summed E-state index contributed by atoms with van der Waals surface area (Å²) in [5.74, 6) is 0. The molecule has 0 saturated carbocycles. The molecule has 1 saturated heterocycles. The van der Waals surface area contributed by atoms with Gasteiger partial charge in [-0.25, -0.2) is 0 Å². The van der Waals surface area contributed by atoms with Crippen LogP contribution in [-0.4, -0.2) is 36.9 Å². The van der Waals surface area contributed by atoms with Crippen molar-refractivity contribution in [2.75, 3.05) is 24.6 Å². The lowest BCUT2D eigenvalue weighted by molar-refractivity contribution is 0.221. The van der Waals surface area contributed by atoms with Crippen molar-refractivity contribution in [3.63, 3.8) is 0 Å². The van der Waals surface area contributed by atoms with E-state index in [1.165, 1.54) is 16.8 Å². The lowest BCUT2D eigenvalue weighted by Gasteiger charge is -2.39. The van der Waals surface area contributed by atoms with Gasteiger partial charge in [-0.3, -0.25) is 0 Å². The summed E-state index contributed by atoms with van der Waals surface area (Å²) in [6.45, 7) is 8.57. The standard InChI is InChI=1S/C14H22N2O/c1-10-5-4-6-14(12(10)3)16-7-11(2)15-13(8-16)9-17/h4-6,11,13,15,17H,7-9H2,1-3H3. The first-order valence-corrected chi connectivity index (χ1v) is 6.30. The lowest BCUT2D eigenvalue weighted by atomic mass is 10.0. The molecule has 1 aliphatic rings. The van der Waals surface area contributed by atoms with Crippen LogP contribution >= 0.6 is 0 Å². The Labute approximate surface area is 103 Å². The molecule has 0 radical (unpaired) electrons. The third-order valence-corrected chi connectivity index (χ3v) is 3.59. The number of piperazine rings is 1. The first-order valence-electron chi connectivity index (χ1n) is 6.30. The van der Waals surface area contributed by atoms with E-state index in [1.807, 2.05) is 0 Å². The molecule has 1 aliphatic heterocycles. The van der Waals surface area contributed by atoms with Crippen LogP contribution in [0.25, 0.3) is 0 Å². The number of nitrogens with one attached hydrogen (secondary N) is 1. The van der Waals surface area contributed by atoms with E-state index < -0.39 is 0 Å². The van der Waals surface area contributed by atoms with E-state index in [4.69, 9.17) is 0 Å². The van der Waals surface area contributed by atoms with Crippen LogP contribution in [0.3, 0.4) is 0 Å². The van der Waals surface area contributed by atoms with Crippen LogP contribution in [0, 0.1) is 13.8 Å². The van der Waals surface area contributed by atoms with Gasteiger partial charge in [0.15, 0.2) is 0 Å². The fraction of sp³-hybridized carbons (Fsp3) is 0.571. The topological polar surface area (TPSA) is 35.5 Å². The molecule has 0 aliphatic carbocycles. The molecule has 2 rings (SSSR count). The van der Waals surface area contributed by atoms with Gasteiger partial charge < -0.3 is 15.3 Å². The number of rotatable bonds is 2. The van der Waals surface area contributed by atoms with Crippen LogP contribution in [0.15, 0.2) is 18.2 Å². The van der Waals surface area contributed by atoms with Gasteiger partial charge in [-0.2, -0.15) is 0 Å². The van der Waals surface area contributed by atoms with Crippen molar-refractivity contribution in [3.8, 4) is 0 Å². The maximum Gasteiger partial charge on any atom is 0.0602 e. The zero-order chi connectivity index (χ0) is 12.4. The number of hydrogen-bond acceptors (Lipinski definition) is 3. The molecule has 3 nitrogen and oxygen atoms in total. The van der Waals surface area contributed by atoms with Crippen molar-refractivity contribution < 1.29 is 5.11 Å². The fourth-order valence-electron chi connectivity index (χ4n) is 2.56. The van der Waals surface area contributed by atoms with Crippen molar-refractivity contribution in [2.45, 2.75) is 32.9 Å². The quantitative estimate of drug-likeness (QED) is 0.813. The third kappa shape index (κ3) is 2.61. The highest BCUT2D eigenvalue weighted by Gasteiger charge is 2.24. The maximum atomic E-state index is 9.31. The van der Waals surface area contributed by atoms with Crippen LogP contribution in [0.5, 0.6) is 0 Å². The van der Waals surface area contributed by atoms with Crippen molar-refractivity contribution in [3.05, 3.63) is 29.3 Å². The van der Waals surface area contributed by atoms with Gasteiger partial charge in [-0.1, -0.05) is 12.1 Å². The summed E-state index contributed by atoms with van der Waals surface area (Å²) in [6.07, 6.45) is 0. The highest BCUT2D eigenvalue weighted by atomic mass is 16.3. The van der Waals surface area contributed by atoms with E-state index in [0.717, 1.165) is 13.1 Å². The number of nitrogens with zero attached hydrogens (tertiary/aromatic N) is 1. The van der Waals surface area contributed by atoms with Gasteiger partial charge >= 0.3 is 0 Å². The molecule has 3 heteroatoms. The average molecular weight is 234 g/mol. The Bertz CT molecular complexity index is 392. The third-order valence-electron chi connectivity index (χ3n) is 3.59. The Kier molecular flexibility index (Phi) is 3.69. The Hall–Kier alpha value is -1.06.